The maximum absolute atomic E-state index is 13.1. The van der Waals surface area contributed by atoms with Gasteiger partial charge in [0.1, 0.15) is 5.82 Å². The Morgan fingerprint density at radius 3 is 2.69 bits per heavy atom. The molecule has 1 rings (SSSR count). The number of benzene rings is 1. The smallest absolute Gasteiger partial charge is 0.137 e. The minimum Gasteiger partial charge on any atom is -0.388 e. The van der Waals surface area contributed by atoms with Gasteiger partial charge in [-0.1, -0.05) is 6.92 Å². The second-order valence-corrected chi connectivity index (χ2v) is 3.90. The number of aryl methyl sites for hydroxylation is 1. The van der Waals surface area contributed by atoms with Crippen LogP contribution in [-0.4, -0.2) is 5.11 Å². The zero-order chi connectivity index (χ0) is 10.0. The molecule has 1 nitrogen and oxygen atoms in total. The van der Waals surface area contributed by atoms with Crippen LogP contribution >= 0.6 is 15.9 Å². The minimum absolute atomic E-state index is 0.326. The summed E-state index contributed by atoms with van der Waals surface area (Å²) in [6.45, 7) is 3.72. The molecule has 13 heavy (non-hydrogen) atoms. The maximum atomic E-state index is 13.1. The topological polar surface area (TPSA) is 20.2 Å². The normalized spacial score (nSPS) is 13.0. The van der Waals surface area contributed by atoms with Crippen LogP contribution in [0, 0.1) is 12.7 Å². The summed E-state index contributed by atoms with van der Waals surface area (Å²) < 4.78 is 13.5. The Labute approximate surface area is 85.7 Å². The highest BCUT2D eigenvalue weighted by molar-refractivity contribution is 9.10. The number of hydrogen-bond acceptors (Lipinski definition) is 1. The van der Waals surface area contributed by atoms with Gasteiger partial charge in [0.25, 0.3) is 0 Å². The molecule has 0 aliphatic heterocycles. The second kappa shape index (κ2) is 4.20. The molecule has 1 atom stereocenters. The molecule has 0 bridgehead atoms. The third kappa shape index (κ3) is 2.29. The van der Waals surface area contributed by atoms with Gasteiger partial charge in [0.15, 0.2) is 0 Å². The summed E-state index contributed by atoms with van der Waals surface area (Å²) in [7, 11) is 0. The van der Waals surface area contributed by atoms with Crippen LogP contribution in [0.1, 0.15) is 30.6 Å². The van der Waals surface area contributed by atoms with Gasteiger partial charge in [-0.25, -0.2) is 4.39 Å². The quantitative estimate of drug-likeness (QED) is 0.849. The number of hydrogen-bond donors (Lipinski definition) is 1. The molecule has 0 aromatic heterocycles. The van der Waals surface area contributed by atoms with E-state index >= 15 is 0 Å². The summed E-state index contributed by atoms with van der Waals surface area (Å²) in [5.74, 6) is -0.326. The van der Waals surface area contributed by atoms with Crippen molar-refractivity contribution < 1.29 is 9.50 Å². The Bertz CT molecular complexity index is 312. The SMILES string of the molecule is CCC(O)c1cc(F)c(Br)cc1C. The monoisotopic (exact) mass is 246 g/mol. The van der Waals surface area contributed by atoms with Crippen LogP contribution in [-0.2, 0) is 0 Å². The number of halogens is 2. The van der Waals surface area contributed by atoms with Crippen molar-refractivity contribution in [1.29, 1.82) is 0 Å². The van der Waals surface area contributed by atoms with Crippen LogP contribution in [0.3, 0.4) is 0 Å². The lowest BCUT2D eigenvalue weighted by atomic mass is 10.0. The highest BCUT2D eigenvalue weighted by Gasteiger charge is 2.11. The Morgan fingerprint density at radius 1 is 1.54 bits per heavy atom. The summed E-state index contributed by atoms with van der Waals surface area (Å²) in [6, 6.07) is 3.07. The highest BCUT2D eigenvalue weighted by atomic mass is 79.9. The van der Waals surface area contributed by atoms with E-state index in [0.29, 0.717) is 16.5 Å². The fourth-order valence-electron chi connectivity index (χ4n) is 1.24. The number of aliphatic hydroxyl groups is 1. The first kappa shape index (κ1) is 10.7. The second-order valence-electron chi connectivity index (χ2n) is 3.05. The van der Waals surface area contributed by atoms with Crippen LogP contribution in [0.15, 0.2) is 16.6 Å². The zero-order valence-electron chi connectivity index (χ0n) is 7.64. The van der Waals surface area contributed by atoms with E-state index in [9.17, 15) is 9.50 Å². The molecule has 72 valence electrons. The lowest BCUT2D eigenvalue weighted by molar-refractivity contribution is 0.172. The van der Waals surface area contributed by atoms with Crippen molar-refractivity contribution >= 4 is 15.9 Å². The van der Waals surface area contributed by atoms with Crippen molar-refractivity contribution in [3.05, 3.63) is 33.5 Å². The van der Waals surface area contributed by atoms with E-state index in [1.807, 2.05) is 13.8 Å². The van der Waals surface area contributed by atoms with Crippen molar-refractivity contribution in [2.45, 2.75) is 26.4 Å². The predicted octanol–water partition coefficient (Wildman–Crippen LogP) is 3.34. The summed E-state index contributed by atoms with van der Waals surface area (Å²) in [5.41, 5.74) is 1.57. The maximum Gasteiger partial charge on any atom is 0.137 e. The molecule has 3 heteroatoms. The molecule has 1 aromatic rings. The average molecular weight is 247 g/mol. The summed E-state index contributed by atoms with van der Waals surface area (Å²) >= 11 is 3.09. The molecular weight excluding hydrogens is 235 g/mol. The van der Waals surface area contributed by atoms with E-state index in [2.05, 4.69) is 15.9 Å². The van der Waals surface area contributed by atoms with Gasteiger partial charge in [0.05, 0.1) is 10.6 Å². The van der Waals surface area contributed by atoms with Gasteiger partial charge in [-0.2, -0.15) is 0 Å². The lowest BCUT2D eigenvalue weighted by Gasteiger charge is -2.12. The van der Waals surface area contributed by atoms with E-state index in [1.54, 1.807) is 6.07 Å². The molecule has 0 saturated carbocycles. The number of aliphatic hydroxyl groups excluding tert-OH is 1. The molecule has 0 fully saturated rings. The molecule has 0 saturated heterocycles. The van der Waals surface area contributed by atoms with Gasteiger partial charge < -0.3 is 5.11 Å². The van der Waals surface area contributed by atoms with E-state index in [-0.39, 0.29) is 5.82 Å². The fourth-order valence-corrected chi connectivity index (χ4v) is 1.70. The highest BCUT2D eigenvalue weighted by Crippen LogP contribution is 2.26. The van der Waals surface area contributed by atoms with Crippen molar-refractivity contribution in [2.75, 3.05) is 0 Å². The first-order chi connectivity index (χ1) is 6.06. The van der Waals surface area contributed by atoms with Crippen LogP contribution in [0.2, 0.25) is 0 Å². The van der Waals surface area contributed by atoms with Gasteiger partial charge in [0.2, 0.25) is 0 Å². The largest absolute Gasteiger partial charge is 0.388 e. The molecule has 1 unspecified atom stereocenters. The van der Waals surface area contributed by atoms with Crippen LogP contribution < -0.4 is 0 Å². The molecule has 1 aromatic carbocycles. The first-order valence-electron chi connectivity index (χ1n) is 4.19. The van der Waals surface area contributed by atoms with E-state index in [1.165, 1.54) is 6.07 Å². The summed E-state index contributed by atoms with van der Waals surface area (Å²) in [5, 5.41) is 9.54. The van der Waals surface area contributed by atoms with E-state index in [0.717, 1.165) is 5.56 Å². The Morgan fingerprint density at radius 2 is 2.15 bits per heavy atom. The van der Waals surface area contributed by atoms with Crippen molar-refractivity contribution in [3.8, 4) is 0 Å². The van der Waals surface area contributed by atoms with Crippen LogP contribution in [0.25, 0.3) is 0 Å². The van der Waals surface area contributed by atoms with Gasteiger partial charge in [-0.05, 0) is 52.5 Å². The molecule has 0 heterocycles. The fraction of sp³-hybridized carbons (Fsp3) is 0.400. The Kier molecular flexibility index (Phi) is 3.45. The molecule has 0 amide bonds. The number of rotatable bonds is 2. The van der Waals surface area contributed by atoms with Gasteiger partial charge >= 0.3 is 0 Å². The molecule has 0 spiro atoms. The van der Waals surface area contributed by atoms with E-state index in [4.69, 9.17) is 0 Å². The van der Waals surface area contributed by atoms with Crippen molar-refractivity contribution in [2.24, 2.45) is 0 Å². The Hall–Kier alpha value is -0.410. The van der Waals surface area contributed by atoms with Gasteiger partial charge in [-0.3, -0.25) is 0 Å². The first-order valence-corrected chi connectivity index (χ1v) is 4.99. The standard InChI is InChI=1S/C10H12BrFO/c1-3-10(13)7-5-9(12)8(11)4-6(7)2/h4-5,10,13H,3H2,1-2H3. The third-order valence-electron chi connectivity index (χ3n) is 2.05. The van der Waals surface area contributed by atoms with Gasteiger partial charge in [-0.15, -0.1) is 0 Å². The molecule has 1 N–H and O–H groups in total. The van der Waals surface area contributed by atoms with E-state index < -0.39 is 6.10 Å². The minimum atomic E-state index is -0.567. The molecule has 0 aliphatic rings. The van der Waals surface area contributed by atoms with Gasteiger partial charge in [0, 0.05) is 0 Å². The predicted molar refractivity (Wildman–Crippen MR) is 54.1 cm³/mol. The summed E-state index contributed by atoms with van der Waals surface area (Å²) in [4.78, 5) is 0. The van der Waals surface area contributed by atoms with Crippen molar-refractivity contribution in [3.63, 3.8) is 0 Å². The summed E-state index contributed by atoms with van der Waals surface area (Å²) in [6.07, 6.45) is 0.0321. The molecule has 0 aliphatic carbocycles. The van der Waals surface area contributed by atoms with Crippen LogP contribution in [0.4, 0.5) is 4.39 Å². The third-order valence-corrected chi connectivity index (χ3v) is 2.66. The lowest BCUT2D eigenvalue weighted by Crippen LogP contribution is -1.99. The Balaban J connectivity index is 3.15. The molecular formula is C10H12BrFO. The zero-order valence-corrected chi connectivity index (χ0v) is 9.23. The average Bonchev–Trinajstić information content (AvgIpc) is 2.10. The molecule has 0 radical (unpaired) electrons. The van der Waals surface area contributed by atoms with Crippen molar-refractivity contribution in [1.82, 2.24) is 0 Å². The van der Waals surface area contributed by atoms with Crippen LogP contribution in [0.5, 0.6) is 0 Å².